The predicted octanol–water partition coefficient (Wildman–Crippen LogP) is 3.38. The van der Waals surface area contributed by atoms with Crippen LogP contribution in [0.5, 0.6) is 0 Å². The number of carbonyl (C=O) groups excluding carboxylic acids is 1. The van der Waals surface area contributed by atoms with E-state index in [1.165, 1.54) is 4.88 Å². The first-order valence-electron chi connectivity index (χ1n) is 8.02. The van der Waals surface area contributed by atoms with Gasteiger partial charge in [0, 0.05) is 26.1 Å². The Labute approximate surface area is 148 Å². The summed E-state index contributed by atoms with van der Waals surface area (Å²) in [7, 11) is 1.71. The fourth-order valence-electron chi connectivity index (χ4n) is 3.04. The molecule has 124 valence electrons. The molecule has 0 unspecified atom stereocenters. The molecule has 1 aliphatic rings. The number of thiophene rings is 1. The summed E-state index contributed by atoms with van der Waals surface area (Å²) in [6, 6.07) is 8.22. The van der Waals surface area contributed by atoms with Crippen LogP contribution in [0.2, 0.25) is 0 Å². The molecule has 24 heavy (non-hydrogen) atoms. The van der Waals surface area contributed by atoms with Crippen molar-refractivity contribution in [2.45, 2.75) is 12.8 Å². The van der Waals surface area contributed by atoms with E-state index >= 15 is 0 Å². The standard InChI is InChI=1S/C17H18N4OS2/c1-18-15(22)11-6-8-21(9-7-11)17-20-13-5-4-12(19-16(13)24-17)14-3-2-10-23-14/h2-5,10-11H,6-9H2,1H3,(H,18,22). The third-order valence-electron chi connectivity index (χ3n) is 4.40. The molecular weight excluding hydrogens is 340 g/mol. The van der Waals surface area contributed by atoms with Crippen molar-refractivity contribution < 1.29 is 4.79 Å². The highest BCUT2D eigenvalue weighted by Crippen LogP contribution is 2.32. The molecule has 0 atom stereocenters. The molecule has 0 saturated carbocycles. The van der Waals surface area contributed by atoms with E-state index in [1.807, 2.05) is 12.1 Å². The number of pyridine rings is 1. The SMILES string of the molecule is CNC(=O)C1CCN(c2nc3ccc(-c4cccs4)nc3s2)CC1. The van der Waals surface area contributed by atoms with E-state index in [1.54, 1.807) is 29.7 Å². The highest BCUT2D eigenvalue weighted by molar-refractivity contribution is 7.21. The largest absolute Gasteiger partial charge is 0.359 e. The number of fused-ring (bicyclic) bond motifs is 1. The second kappa shape index (κ2) is 6.49. The minimum atomic E-state index is 0.129. The van der Waals surface area contributed by atoms with Crippen LogP contribution < -0.4 is 10.2 Å². The Bertz CT molecular complexity index is 851. The summed E-state index contributed by atoms with van der Waals surface area (Å²) in [4.78, 5) is 25.7. The van der Waals surface area contributed by atoms with Crippen molar-refractivity contribution in [3.8, 4) is 10.6 Å². The monoisotopic (exact) mass is 358 g/mol. The smallest absolute Gasteiger partial charge is 0.222 e. The predicted molar refractivity (Wildman–Crippen MR) is 99.7 cm³/mol. The Morgan fingerprint density at radius 2 is 2.08 bits per heavy atom. The molecule has 5 nitrogen and oxygen atoms in total. The molecule has 1 aliphatic heterocycles. The van der Waals surface area contributed by atoms with Crippen LogP contribution in [0.4, 0.5) is 5.13 Å². The molecule has 0 bridgehead atoms. The molecule has 1 amide bonds. The van der Waals surface area contributed by atoms with Crippen LogP contribution in [-0.2, 0) is 4.79 Å². The highest BCUT2D eigenvalue weighted by Gasteiger charge is 2.25. The van der Waals surface area contributed by atoms with Crippen molar-refractivity contribution in [1.29, 1.82) is 0 Å². The lowest BCUT2D eigenvalue weighted by atomic mass is 9.96. The summed E-state index contributed by atoms with van der Waals surface area (Å²) >= 11 is 3.34. The number of rotatable bonds is 3. The van der Waals surface area contributed by atoms with Gasteiger partial charge in [0.15, 0.2) is 5.13 Å². The molecule has 0 aliphatic carbocycles. The number of aromatic nitrogens is 2. The highest BCUT2D eigenvalue weighted by atomic mass is 32.1. The quantitative estimate of drug-likeness (QED) is 0.780. The van der Waals surface area contributed by atoms with Crippen molar-refractivity contribution in [3.63, 3.8) is 0 Å². The van der Waals surface area contributed by atoms with E-state index in [2.05, 4.69) is 27.7 Å². The minimum absolute atomic E-state index is 0.129. The van der Waals surface area contributed by atoms with Gasteiger partial charge in [0.25, 0.3) is 0 Å². The topological polar surface area (TPSA) is 58.1 Å². The van der Waals surface area contributed by atoms with Gasteiger partial charge in [-0.3, -0.25) is 4.79 Å². The van der Waals surface area contributed by atoms with Crippen LogP contribution in [0.1, 0.15) is 12.8 Å². The molecule has 0 radical (unpaired) electrons. The zero-order valence-corrected chi connectivity index (χ0v) is 15.0. The van der Waals surface area contributed by atoms with Gasteiger partial charge >= 0.3 is 0 Å². The zero-order valence-electron chi connectivity index (χ0n) is 13.4. The number of hydrogen-bond donors (Lipinski definition) is 1. The minimum Gasteiger partial charge on any atom is -0.359 e. The molecule has 1 saturated heterocycles. The van der Waals surface area contributed by atoms with E-state index in [9.17, 15) is 4.79 Å². The van der Waals surface area contributed by atoms with Crippen LogP contribution in [0, 0.1) is 5.92 Å². The summed E-state index contributed by atoms with van der Waals surface area (Å²) in [5, 5.41) is 5.83. The summed E-state index contributed by atoms with van der Waals surface area (Å²) in [6.07, 6.45) is 1.76. The number of carbonyl (C=O) groups is 1. The molecule has 4 rings (SSSR count). The average Bonchev–Trinajstić information content (AvgIpc) is 3.30. The molecule has 4 heterocycles. The number of anilines is 1. The Hall–Kier alpha value is -1.99. The average molecular weight is 358 g/mol. The second-order valence-corrected chi connectivity index (χ2v) is 7.77. The Kier molecular flexibility index (Phi) is 4.20. The molecule has 3 aromatic rings. The van der Waals surface area contributed by atoms with Gasteiger partial charge in [0.2, 0.25) is 5.91 Å². The van der Waals surface area contributed by atoms with E-state index < -0.39 is 0 Å². The first kappa shape index (κ1) is 15.5. The van der Waals surface area contributed by atoms with Gasteiger partial charge in [-0.2, -0.15) is 0 Å². The molecular formula is C17H18N4OS2. The fourth-order valence-corrected chi connectivity index (χ4v) is 4.73. The van der Waals surface area contributed by atoms with Crippen molar-refractivity contribution in [1.82, 2.24) is 15.3 Å². The van der Waals surface area contributed by atoms with Crippen LogP contribution in [0.15, 0.2) is 29.6 Å². The van der Waals surface area contributed by atoms with Gasteiger partial charge in [-0.1, -0.05) is 17.4 Å². The number of amides is 1. The van der Waals surface area contributed by atoms with Crippen LogP contribution >= 0.6 is 22.7 Å². The van der Waals surface area contributed by atoms with E-state index in [4.69, 9.17) is 9.97 Å². The van der Waals surface area contributed by atoms with Crippen LogP contribution in [0.3, 0.4) is 0 Å². The van der Waals surface area contributed by atoms with Crippen molar-refractivity contribution in [3.05, 3.63) is 29.6 Å². The Morgan fingerprint density at radius 1 is 1.25 bits per heavy atom. The third kappa shape index (κ3) is 2.89. The number of hydrogen-bond acceptors (Lipinski definition) is 6. The molecule has 0 aromatic carbocycles. The van der Waals surface area contributed by atoms with E-state index in [0.717, 1.165) is 47.1 Å². The van der Waals surface area contributed by atoms with Crippen molar-refractivity contribution in [2.75, 3.05) is 25.0 Å². The summed E-state index contributed by atoms with van der Waals surface area (Å²) in [5.41, 5.74) is 1.95. The summed E-state index contributed by atoms with van der Waals surface area (Å²) in [5.74, 6) is 0.283. The molecule has 7 heteroatoms. The van der Waals surface area contributed by atoms with Gasteiger partial charge in [-0.05, 0) is 36.4 Å². The molecule has 0 spiro atoms. The molecule has 1 N–H and O–H groups in total. The maximum atomic E-state index is 11.7. The van der Waals surface area contributed by atoms with Gasteiger partial charge in [-0.15, -0.1) is 11.3 Å². The summed E-state index contributed by atoms with van der Waals surface area (Å²) in [6.45, 7) is 1.74. The maximum absolute atomic E-state index is 11.7. The lowest BCUT2D eigenvalue weighted by Crippen LogP contribution is -2.39. The lowest BCUT2D eigenvalue weighted by Gasteiger charge is -2.30. The normalized spacial score (nSPS) is 15.8. The fraction of sp³-hybridized carbons (Fsp3) is 0.353. The third-order valence-corrected chi connectivity index (χ3v) is 6.32. The first-order chi connectivity index (χ1) is 11.7. The molecule has 1 fully saturated rings. The zero-order chi connectivity index (χ0) is 16.5. The maximum Gasteiger partial charge on any atom is 0.222 e. The van der Waals surface area contributed by atoms with Gasteiger partial charge in [-0.25, -0.2) is 9.97 Å². The molecule has 3 aromatic heterocycles. The number of piperidine rings is 1. The van der Waals surface area contributed by atoms with Crippen LogP contribution in [-0.4, -0.2) is 36.0 Å². The number of nitrogens with one attached hydrogen (secondary N) is 1. The number of nitrogens with zero attached hydrogens (tertiary/aromatic N) is 3. The van der Waals surface area contributed by atoms with Gasteiger partial charge in [0.1, 0.15) is 10.3 Å². The van der Waals surface area contributed by atoms with Crippen molar-refractivity contribution in [2.24, 2.45) is 5.92 Å². The first-order valence-corrected chi connectivity index (χ1v) is 9.72. The van der Waals surface area contributed by atoms with E-state index in [0.29, 0.717) is 0 Å². The van der Waals surface area contributed by atoms with Gasteiger partial charge < -0.3 is 10.2 Å². The number of thiazole rings is 1. The van der Waals surface area contributed by atoms with Crippen molar-refractivity contribution >= 4 is 44.1 Å². The second-order valence-electron chi connectivity index (χ2n) is 5.87. The Balaban J connectivity index is 1.54. The van der Waals surface area contributed by atoms with Crippen LogP contribution in [0.25, 0.3) is 20.9 Å². The summed E-state index contributed by atoms with van der Waals surface area (Å²) < 4.78 is 0. The Morgan fingerprint density at radius 3 is 2.79 bits per heavy atom. The van der Waals surface area contributed by atoms with E-state index in [-0.39, 0.29) is 11.8 Å². The van der Waals surface area contributed by atoms with Gasteiger partial charge in [0.05, 0.1) is 10.6 Å². The lowest BCUT2D eigenvalue weighted by molar-refractivity contribution is -0.125.